The molecule has 1 aromatic carbocycles. The standard InChI is InChI=1S/C19H22N4O5S/c24-17-5-2-9-22(17)14-4-1-3-13(11-14)20-19(26)16-6-7-18(25)23(21-16)15-8-10-29(27,28)12-15/h1,3-4,11,15H,2,5-10,12H2,(H,20,26)/t15-/m0/s1. The molecule has 0 unspecified atom stereocenters. The number of nitrogens with zero attached hydrogens (tertiary/aromatic N) is 3. The topological polar surface area (TPSA) is 116 Å². The zero-order valence-electron chi connectivity index (χ0n) is 15.8. The van der Waals surface area contributed by atoms with Gasteiger partial charge in [-0.2, -0.15) is 5.10 Å². The molecule has 0 spiro atoms. The summed E-state index contributed by atoms with van der Waals surface area (Å²) < 4.78 is 23.4. The third-order valence-electron chi connectivity index (χ3n) is 5.37. The lowest BCUT2D eigenvalue weighted by molar-refractivity contribution is -0.133. The number of sulfone groups is 1. The van der Waals surface area contributed by atoms with Crippen LogP contribution >= 0.6 is 0 Å². The number of benzene rings is 1. The minimum Gasteiger partial charge on any atom is -0.321 e. The minimum absolute atomic E-state index is 0.0283. The lowest BCUT2D eigenvalue weighted by Crippen LogP contribution is -2.42. The van der Waals surface area contributed by atoms with Gasteiger partial charge in [0.2, 0.25) is 11.8 Å². The Morgan fingerprint density at radius 1 is 1.14 bits per heavy atom. The van der Waals surface area contributed by atoms with Gasteiger partial charge in [-0.3, -0.25) is 14.4 Å². The number of amides is 3. The van der Waals surface area contributed by atoms with E-state index in [-0.39, 0.29) is 41.9 Å². The average Bonchev–Trinajstić information content (AvgIpc) is 3.27. The minimum atomic E-state index is -3.17. The third-order valence-corrected chi connectivity index (χ3v) is 7.12. The Labute approximate surface area is 168 Å². The van der Waals surface area contributed by atoms with Crippen molar-refractivity contribution in [2.45, 2.75) is 38.1 Å². The van der Waals surface area contributed by atoms with Gasteiger partial charge in [0.1, 0.15) is 5.71 Å². The Balaban J connectivity index is 1.49. The molecule has 0 aromatic heterocycles. The van der Waals surface area contributed by atoms with Crippen molar-refractivity contribution in [3.8, 4) is 0 Å². The summed E-state index contributed by atoms with van der Waals surface area (Å²) in [6.45, 7) is 0.657. The molecule has 9 nitrogen and oxygen atoms in total. The van der Waals surface area contributed by atoms with Gasteiger partial charge in [0, 0.05) is 37.2 Å². The molecule has 0 radical (unpaired) electrons. The maximum atomic E-state index is 12.7. The second-order valence-electron chi connectivity index (χ2n) is 7.50. The van der Waals surface area contributed by atoms with Gasteiger partial charge in [0.15, 0.2) is 9.84 Å². The summed E-state index contributed by atoms with van der Waals surface area (Å²) in [5, 5.41) is 8.12. The van der Waals surface area contributed by atoms with Gasteiger partial charge >= 0.3 is 0 Å². The van der Waals surface area contributed by atoms with Crippen LogP contribution in [0.1, 0.15) is 32.1 Å². The smallest absolute Gasteiger partial charge is 0.271 e. The van der Waals surface area contributed by atoms with E-state index >= 15 is 0 Å². The summed E-state index contributed by atoms with van der Waals surface area (Å²) in [5.41, 5.74) is 1.45. The molecule has 0 aliphatic carbocycles. The van der Waals surface area contributed by atoms with Gasteiger partial charge in [-0.05, 0) is 31.0 Å². The molecule has 0 saturated carbocycles. The van der Waals surface area contributed by atoms with Crippen LogP contribution in [0.2, 0.25) is 0 Å². The summed E-state index contributed by atoms with van der Waals surface area (Å²) >= 11 is 0. The van der Waals surface area contributed by atoms with Crippen LogP contribution in [0.25, 0.3) is 0 Å². The molecular weight excluding hydrogens is 396 g/mol. The van der Waals surface area contributed by atoms with Gasteiger partial charge in [-0.25, -0.2) is 13.4 Å². The maximum absolute atomic E-state index is 12.7. The number of carbonyl (C=O) groups excluding carboxylic acids is 3. The molecule has 10 heteroatoms. The third kappa shape index (κ3) is 4.16. The van der Waals surface area contributed by atoms with Crippen LogP contribution in [0.15, 0.2) is 29.4 Å². The maximum Gasteiger partial charge on any atom is 0.271 e. The summed E-state index contributed by atoms with van der Waals surface area (Å²) in [6.07, 6.45) is 1.98. The first-order valence-corrected chi connectivity index (χ1v) is 11.5. The van der Waals surface area contributed by atoms with Crippen molar-refractivity contribution in [2.75, 3.05) is 28.3 Å². The Bertz CT molecular complexity index is 1000. The van der Waals surface area contributed by atoms with E-state index in [0.717, 1.165) is 12.1 Å². The van der Waals surface area contributed by atoms with Crippen LogP contribution in [0.4, 0.5) is 11.4 Å². The van der Waals surface area contributed by atoms with Gasteiger partial charge in [0.25, 0.3) is 5.91 Å². The summed E-state index contributed by atoms with van der Waals surface area (Å²) in [5.74, 6) is -0.735. The Morgan fingerprint density at radius 3 is 2.66 bits per heavy atom. The highest BCUT2D eigenvalue weighted by Gasteiger charge is 2.37. The highest BCUT2D eigenvalue weighted by Crippen LogP contribution is 2.25. The van der Waals surface area contributed by atoms with E-state index < -0.39 is 21.8 Å². The molecule has 3 amide bonds. The van der Waals surface area contributed by atoms with E-state index in [4.69, 9.17) is 0 Å². The number of hydrazone groups is 1. The van der Waals surface area contributed by atoms with Crippen LogP contribution in [0, 0.1) is 0 Å². The fraction of sp³-hybridized carbons (Fsp3) is 0.474. The fourth-order valence-electron chi connectivity index (χ4n) is 3.86. The van der Waals surface area contributed by atoms with Crippen molar-refractivity contribution in [3.63, 3.8) is 0 Å². The molecule has 2 fully saturated rings. The predicted octanol–water partition coefficient (Wildman–Crippen LogP) is 0.917. The molecule has 3 aliphatic heterocycles. The van der Waals surface area contributed by atoms with Crippen LogP contribution < -0.4 is 10.2 Å². The molecule has 1 atom stereocenters. The van der Waals surface area contributed by atoms with E-state index in [1.54, 1.807) is 23.1 Å². The largest absolute Gasteiger partial charge is 0.321 e. The SMILES string of the molecule is O=C(Nc1cccc(N2CCCC2=O)c1)C1=NN([C@H]2CCS(=O)(=O)C2)C(=O)CC1. The molecule has 1 N–H and O–H groups in total. The first-order chi connectivity index (χ1) is 13.8. The van der Waals surface area contributed by atoms with Crippen molar-refractivity contribution >= 4 is 44.6 Å². The van der Waals surface area contributed by atoms with Crippen LogP contribution in [-0.4, -0.2) is 61.0 Å². The van der Waals surface area contributed by atoms with Gasteiger partial charge < -0.3 is 10.2 Å². The van der Waals surface area contributed by atoms with Crippen molar-refractivity contribution in [1.29, 1.82) is 0 Å². The highest BCUT2D eigenvalue weighted by molar-refractivity contribution is 7.91. The lowest BCUT2D eigenvalue weighted by atomic mass is 10.1. The fourth-order valence-corrected chi connectivity index (χ4v) is 5.56. The van der Waals surface area contributed by atoms with E-state index in [1.807, 2.05) is 6.07 Å². The van der Waals surface area contributed by atoms with Crippen molar-refractivity contribution in [2.24, 2.45) is 5.10 Å². The van der Waals surface area contributed by atoms with Crippen molar-refractivity contribution in [3.05, 3.63) is 24.3 Å². The molecule has 4 rings (SSSR count). The molecule has 154 valence electrons. The van der Waals surface area contributed by atoms with Crippen molar-refractivity contribution < 1.29 is 22.8 Å². The molecule has 1 aromatic rings. The number of nitrogens with one attached hydrogen (secondary N) is 1. The summed E-state index contributed by atoms with van der Waals surface area (Å²) in [7, 11) is -3.17. The molecule has 2 saturated heterocycles. The monoisotopic (exact) mass is 418 g/mol. The van der Waals surface area contributed by atoms with Crippen molar-refractivity contribution in [1.82, 2.24) is 5.01 Å². The van der Waals surface area contributed by atoms with E-state index in [1.165, 1.54) is 5.01 Å². The van der Waals surface area contributed by atoms with Crippen LogP contribution in [0.3, 0.4) is 0 Å². The van der Waals surface area contributed by atoms with E-state index in [0.29, 0.717) is 25.1 Å². The van der Waals surface area contributed by atoms with Crippen LogP contribution in [-0.2, 0) is 24.2 Å². The number of carbonyl (C=O) groups is 3. The average molecular weight is 418 g/mol. The van der Waals surface area contributed by atoms with Gasteiger partial charge in [-0.15, -0.1) is 0 Å². The molecule has 0 bridgehead atoms. The second kappa shape index (κ2) is 7.58. The Hall–Kier alpha value is -2.75. The molecule has 29 heavy (non-hydrogen) atoms. The quantitative estimate of drug-likeness (QED) is 0.780. The number of anilines is 2. The van der Waals surface area contributed by atoms with Gasteiger partial charge in [0.05, 0.1) is 17.5 Å². The van der Waals surface area contributed by atoms with Crippen LogP contribution in [0.5, 0.6) is 0 Å². The normalized spacial score (nSPS) is 24.0. The number of rotatable bonds is 4. The Morgan fingerprint density at radius 2 is 1.97 bits per heavy atom. The molecular formula is C19H22N4O5S. The summed E-state index contributed by atoms with van der Waals surface area (Å²) in [4.78, 5) is 38.5. The summed E-state index contributed by atoms with van der Waals surface area (Å²) in [6, 6.07) is 6.52. The van der Waals surface area contributed by atoms with E-state index in [2.05, 4.69) is 10.4 Å². The van der Waals surface area contributed by atoms with E-state index in [9.17, 15) is 22.8 Å². The molecule has 3 heterocycles. The first-order valence-electron chi connectivity index (χ1n) is 9.64. The second-order valence-corrected chi connectivity index (χ2v) is 9.72. The molecule has 3 aliphatic rings. The van der Waals surface area contributed by atoms with Gasteiger partial charge in [-0.1, -0.05) is 6.07 Å². The Kier molecular flexibility index (Phi) is 5.12. The number of hydrogen-bond acceptors (Lipinski definition) is 6. The first kappa shape index (κ1) is 19.6. The number of hydrogen-bond donors (Lipinski definition) is 1. The highest BCUT2D eigenvalue weighted by atomic mass is 32.2. The predicted molar refractivity (Wildman–Crippen MR) is 107 cm³/mol. The zero-order valence-corrected chi connectivity index (χ0v) is 16.7. The lowest BCUT2D eigenvalue weighted by Gasteiger charge is -2.27. The zero-order chi connectivity index (χ0) is 20.6.